The number of carbonyl (C=O) groups is 2. The van der Waals surface area contributed by atoms with Crippen molar-refractivity contribution in [2.75, 3.05) is 6.61 Å². The maximum absolute atomic E-state index is 10.5. The van der Waals surface area contributed by atoms with Gasteiger partial charge >= 0.3 is 11.9 Å². The van der Waals surface area contributed by atoms with Crippen molar-refractivity contribution in [2.45, 2.75) is 6.92 Å². The fourth-order valence-corrected chi connectivity index (χ4v) is 0.223. The number of aliphatic hydroxyl groups excluding tert-OH is 1. The predicted molar refractivity (Wildman–Crippen MR) is 33.0 cm³/mol. The van der Waals surface area contributed by atoms with Gasteiger partial charge in [-0.25, -0.2) is 9.59 Å². The zero-order valence-corrected chi connectivity index (χ0v) is 7.65. The summed E-state index contributed by atoms with van der Waals surface area (Å²) < 4.78 is 4.03. The van der Waals surface area contributed by atoms with Crippen LogP contribution < -0.4 is 0 Å². The topological polar surface area (TPSA) is 63.6 Å². The molecule has 4 nitrogen and oxygen atoms in total. The number of hydrogen-bond donors (Lipinski definition) is 1. The number of rotatable bonds is 2. The predicted octanol–water partition coefficient (Wildman–Crippen LogP) is -0.378. The molecular formula is C6H8O4Ti. The smallest absolute Gasteiger partial charge is 0.340 e. The van der Waals surface area contributed by atoms with Crippen molar-refractivity contribution in [1.82, 2.24) is 0 Å². The van der Waals surface area contributed by atoms with Crippen LogP contribution in [0, 0.1) is 0 Å². The Balaban J connectivity index is 0. The summed E-state index contributed by atoms with van der Waals surface area (Å²) in [6.45, 7) is 3.85. The molecule has 1 N–H and O–H groups in total. The molecule has 5 heteroatoms. The molecule has 0 aromatic rings. The number of ether oxygens (including phenoxy) is 1. The van der Waals surface area contributed by atoms with Crippen LogP contribution in [-0.4, -0.2) is 23.7 Å². The van der Waals surface area contributed by atoms with E-state index in [9.17, 15) is 9.59 Å². The summed E-state index contributed by atoms with van der Waals surface area (Å²) >= 11 is 0. The zero-order chi connectivity index (χ0) is 8.15. The summed E-state index contributed by atoms with van der Waals surface area (Å²) in [5, 5.41) is 8.11. The van der Waals surface area contributed by atoms with E-state index in [2.05, 4.69) is 11.3 Å². The van der Waals surface area contributed by atoms with E-state index in [1.165, 1.54) is 6.92 Å². The first-order valence-corrected chi connectivity index (χ1v) is 2.59. The van der Waals surface area contributed by atoms with Gasteiger partial charge in [0, 0.05) is 27.3 Å². The van der Waals surface area contributed by atoms with E-state index in [0.717, 1.165) is 0 Å². The summed E-state index contributed by atoms with van der Waals surface area (Å²) in [6, 6.07) is 0. The van der Waals surface area contributed by atoms with E-state index >= 15 is 0 Å². The van der Waals surface area contributed by atoms with E-state index in [4.69, 9.17) is 5.11 Å². The minimum atomic E-state index is -0.965. The molecule has 0 saturated heterocycles. The second kappa shape index (κ2) is 6.28. The SMILES string of the molecule is C=C(C)C(=O)OC(=O)CO.[Ti]. The normalized spacial score (nSPS) is 7.82. The fourth-order valence-electron chi connectivity index (χ4n) is 0.223. The van der Waals surface area contributed by atoms with Gasteiger partial charge in [-0.05, 0) is 6.92 Å². The van der Waals surface area contributed by atoms with Gasteiger partial charge in [-0.1, -0.05) is 6.58 Å². The van der Waals surface area contributed by atoms with Crippen LogP contribution in [0.15, 0.2) is 12.2 Å². The van der Waals surface area contributed by atoms with Crippen LogP contribution in [0.5, 0.6) is 0 Å². The summed E-state index contributed by atoms with van der Waals surface area (Å²) in [4.78, 5) is 20.7. The van der Waals surface area contributed by atoms with Crippen molar-refractivity contribution in [1.29, 1.82) is 0 Å². The van der Waals surface area contributed by atoms with Crippen molar-refractivity contribution in [3.8, 4) is 0 Å². The summed E-state index contributed by atoms with van der Waals surface area (Å²) in [5.41, 5.74) is 0.127. The zero-order valence-electron chi connectivity index (χ0n) is 6.09. The molecule has 0 spiro atoms. The summed E-state index contributed by atoms with van der Waals surface area (Å²) in [5.74, 6) is -1.77. The molecule has 0 amide bonds. The van der Waals surface area contributed by atoms with Gasteiger partial charge in [0.1, 0.15) is 6.61 Å². The number of hydrogen-bond acceptors (Lipinski definition) is 4. The molecule has 11 heavy (non-hydrogen) atoms. The molecule has 0 heterocycles. The Morgan fingerprint density at radius 3 is 2.27 bits per heavy atom. The van der Waals surface area contributed by atoms with Gasteiger partial charge in [0.15, 0.2) is 0 Å². The van der Waals surface area contributed by atoms with E-state index in [-0.39, 0.29) is 27.3 Å². The van der Waals surface area contributed by atoms with E-state index in [1.807, 2.05) is 0 Å². The molecule has 0 unspecified atom stereocenters. The van der Waals surface area contributed by atoms with Crippen molar-refractivity contribution in [3.63, 3.8) is 0 Å². The van der Waals surface area contributed by atoms with Crippen LogP contribution >= 0.6 is 0 Å². The van der Waals surface area contributed by atoms with Crippen LogP contribution in [0.2, 0.25) is 0 Å². The molecule has 0 aliphatic heterocycles. The third kappa shape index (κ3) is 5.97. The number of carbonyl (C=O) groups excluding carboxylic acids is 2. The molecule has 0 aliphatic carbocycles. The Morgan fingerprint density at radius 2 is 2.00 bits per heavy atom. The number of esters is 2. The molecule has 0 rings (SSSR count). The van der Waals surface area contributed by atoms with Crippen LogP contribution in [0.1, 0.15) is 6.92 Å². The average Bonchev–Trinajstić information content (AvgIpc) is 1.87. The monoisotopic (exact) mass is 192 g/mol. The first kappa shape index (κ1) is 13.2. The van der Waals surface area contributed by atoms with E-state index < -0.39 is 18.5 Å². The largest absolute Gasteiger partial charge is 0.388 e. The Labute approximate surface area is 79.1 Å². The van der Waals surface area contributed by atoms with Crippen molar-refractivity contribution in [3.05, 3.63) is 12.2 Å². The van der Waals surface area contributed by atoms with Gasteiger partial charge in [0.25, 0.3) is 0 Å². The standard InChI is InChI=1S/C6H8O4.Ti/c1-4(2)6(9)10-5(8)3-7;/h7H,1,3H2,2H3;. The Hall–Kier alpha value is -0.446. The maximum Gasteiger partial charge on any atom is 0.340 e. The van der Waals surface area contributed by atoms with Gasteiger partial charge in [0.2, 0.25) is 0 Å². The molecule has 60 valence electrons. The van der Waals surface area contributed by atoms with Crippen LogP contribution in [0.25, 0.3) is 0 Å². The van der Waals surface area contributed by atoms with E-state index in [1.54, 1.807) is 0 Å². The van der Waals surface area contributed by atoms with Crippen LogP contribution in [0.4, 0.5) is 0 Å². The quantitative estimate of drug-likeness (QED) is 0.280. The first-order chi connectivity index (χ1) is 4.57. The second-order valence-electron chi connectivity index (χ2n) is 1.70. The average molecular weight is 192 g/mol. The Bertz CT molecular complexity index is 175. The van der Waals surface area contributed by atoms with Gasteiger partial charge in [-0.15, -0.1) is 0 Å². The van der Waals surface area contributed by atoms with Crippen molar-refractivity contribution >= 4 is 11.9 Å². The van der Waals surface area contributed by atoms with E-state index in [0.29, 0.717) is 0 Å². The van der Waals surface area contributed by atoms with Crippen molar-refractivity contribution in [2.24, 2.45) is 0 Å². The third-order valence-electron chi connectivity index (χ3n) is 0.684. The molecule has 0 aliphatic rings. The summed E-state index contributed by atoms with van der Waals surface area (Å²) in [7, 11) is 0. The Morgan fingerprint density at radius 1 is 1.55 bits per heavy atom. The molecule has 0 radical (unpaired) electrons. The van der Waals surface area contributed by atoms with Gasteiger partial charge in [0.05, 0.1) is 0 Å². The van der Waals surface area contributed by atoms with Gasteiger partial charge in [-0.2, -0.15) is 0 Å². The summed E-state index contributed by atoms with van der Waals surface area (Å²) in [6.07, 6.45) is 0. The van der Waals surface area contributed by atoms with Crippen LogP contribution in [0.3, 0.4) is 0 Å². The van der Waals surface area contributed by atoms with Gasteiger partial charge < -0.3 is 9.84 Å². The third-order valence-corrected chi connectivity index (χ3v) is 0.684. The Kier molecular flexibility index (Phi) is 7.51. The molecule has 0 aromatic carbocycles. The molecule has 0 aromatic heterocycles. The van der Waals surface area contributed by atoms with Crippen LogP contribution in [-0.2, 0) is 36.0 Å². The maximum atomic E-state index is 10.5. The van der Waals surface area contributed by atoms with Gasteiger partial charge in [-0.3, -0.25) is 0 Å². The molecule has 0 fully saturated rings. The minimum Gasteiger partial charge on any atom is -0.388 e. The molecular weight excluding hydrogens is 184 g/mol. The first-order valence-electron chi connectivity index (χ1n) is 2.59. The second-order valence-corrected chi connectivity index (χ2v) is 1.70. The minimum absolute atomic E-state index is 0. The molecule has 0 bridgehead atoms. The molecule has 0 atom stereocenters. The number of aliphatic hydroxyl groups is 1. The fraction of sp³-hybridized carbons (Fsp3) is 0.333. The molecule has 0 saturated carbocycles. The van der Waals surface area contributed by atoms with Crippen molar-refractivity contribution < 1.29 is 41.2 Å².